The van der Waals surface area contributed by atoms with Crippen molar-refractivity contribution in [2.45, 2.75) is 83.7 Å². The smallest absolute Gasteiger partial charge is 0.237 e. The molecule has 0 spiro atoms. The Balaban J connectivity index is 1.41. The Labute approximate surface area is 190 Å². The molecule has 3 fully saturated rings. The maximum atomic E-state index is 13.4. The lowest BCUT2D eigenvalue weighted by Crippen LogP contribution is -2.46. The zero-order chi connectivity index (χ0) is 22.7. The van der Waals surface area contributed by atoms with Crippen LogP contribution in [0, 0.1) is 19.3 Å². The van der Waals surface area contributed by atoms with E-state index in [1.165, 1.54) is 11.1 Å². The zero-order valence-corrected chi connectivity index (χ0v) is 19.7. The summed E-state index contributed by atoms with van der Waals surface area (Å²) in [5, 5.41) is 17.9. The Morgan fingerprint density at radius 3 is 2.28 bits per heavy atom. The van der Waals surface area contributed by atoms with Gasteiger partial charge in [-0.25, -0.2) is 0 Å². The van der Waals surface area contributed by atoms with Crippen molar-refractivity contribution >= 4 is 5.91 Å². The number of aliphatic hydroxyl groups is 1. The molecule has 2 saturated heterocycles. The second kappa shape index (κ2) is 7.62. The fraction of sp³-hybridized carbons (Fsp3) is 0.615. The van der Waals surface area contributed by atoms with Gasteiger partial charge in [0.2, 0.25) is 11.8 Å². The Hall–Kier alpha value is -2.34. The van der Waals surface area contributed by atoms with Gasteiger partial charge in [0.05, 0.1) is 17.7 Å². The van der Waals surface area contributed by atoms with Crippen molar-refractivity contribution in [3.8, 4) is 17.1 Å². The number of aliphatic hydroxyl groups excluding tert-OH is 1. The number of nitrogens with one attached hydrogen (secondary N) is 1. The maximum absolute atomic E-state index is 13.4. The summed E-state index contributed by atoms with van der Waals surface area (Å²) in [6.45, 7) is 8.46. The first-order valence-electron chi connectivity index (χ1n) is 12.0. The van der Waals surface area contributed by atoms with E-state index in [2.05, 4.69) is 47.1 Å². The average Bonchev–Trinajstić information content (AvgIpc) is 3.09. The fourth-order valence-corrected chi connectivity index (χ4v) is 5.79. The number of hydrogen-bond acceptors (Lipinski definition) is 4. The van der Waals surface area contributed by atoms with Gasteiger partial charge in [-0.05, 0) is 78.4 Å². The Morgan fingerprint density at radius 2 is 1.75 bits per heavy atom. The van der Waals surface area contributed by atoms with E-state index in [9.17, 15) is 9.90 Å². The number of nitrogens with zero attached hydrogens (tertiary/aromatic N) is 2. The molecule has 0 unspecified atom stereocenters. The molecule has 0 atom stereocenters. The van der Waals surface area contributed by atoms with E-state index in [1.54, 1.807) is 0 Å². The molecular weight excluding hydrogens is 402 g/mol. The van der Waals surface area contributed by atoms with Crippen LogP contribution in [-0.2, 0) is 10.2 Å². The van der Waals surface area contributed by atoms with E-state index in [0.29, 0.717) is 18.0 Å². The highest BCUT2D eigenvalue weighted by atomic mass is 16.5. The van der Waals surface area contributed by atoms with E-state index < -0.39 is 5.41 Å². The van der Waals surface area contributed by atoms with Crippen molar-refractivity contribution in [1.82, 2.24) is 15.1 Å². The zero-order valence-electron chi connectivity index (χ0n) is 19.7. The van der Waals surface area contributed by atoms with Crippen LogP contribution in [0.3, 0.4) is 0 Å². The number of benzene rings is 1. The molecule has 2 aromatic rings. The highest BCUT2D eigenvalue weighted by molar-refractivity contribution is 5.83. The molecule has 172 valence electrons. The van der Waals surface area contributed by atoms with E-state index in [1.807, 2.05) is 13.8 Å². The van der Waals surface area contributed by atoms with Crippen LogP contribution in [0.25, 0.3) is 11.3 Å². The number of aromatic amines is 1. The summed E-state index contributed by atoms with van der Waals surface area (Å²) in [6, 6.07) is 7.24. The van der Waals surface area contributed by atoms with Gasteiger partial charge in [0.25, 0.3) is 0 Å². The predicted octanol–water partition coefficient (Wildman–Crippen LogP) is 4.28. The molecular formula is C26H35N3O3. The van der Waals surface area contributed by atoms with Crippen LogP contribution < -0.4 is 4.74 Å². The van der Waals surface area contributed by atoms with Crippen molar-refractivity contribution in [2.75, 3.05) is 13.2 Å². The van der Waals surface area contributed by atoms with Crippen LogP contribution in [0.1, 0.15) is 69.1 Å². The summed E-state index contributed by atoms with van der Waals surface area (Å²) in [5.41, 5.74) is 4.36. The molecule has 32 heavy (non-hydrogen) atoms. The van der Waals surface area contributed by atoms with Crippen LogP contribution in [0.4, 0.5) is 0 Å². The molecule has 0 radical (unpaired) electrons. The number of fused-ring (bicyclic) bond motifs is 2. The highest BCUT2D eigenvalue weighted by Crippen LogP contribution is 2.54. The van der Waals surface area contributed by atoms with E-state index in [-0.39, 0.29) is 24.5 Å². The third-order valence-corrected chi connectivity index (χ3v) is 7.77. The Bertz CT molecular complexity index is 997. The second-order valence-electron chi connectivity index (χ2n) is 10.9. The van der Waals surface area contributed by atoms with Crippen molar-refractivity contribution in [2.24, 2.45) is 5.41 Å². The molecule has 1 aliphatic carbocycles. The van der Waals surface area contributed by atoms with Crippen LogP contribution >= 0.6 is 0 Å². The molecule has 2 bridgehead atoms. The minimum atomic E-state index is -0.628. The monoisotopic (exact) mass is 437 g/mol. The molecule has 3 aliphatic rings. The average molecular weight is 438 g/mol. The molecule has 1 aromatic carbocycles. The number of aromatic nitrogens is 2. The number of aryl methyl sites for hydroxylation is 2. The predicted molar refractivity (Wildman–Crippen MR) is 124 cm³/mol. The lowest BCUT2D eigenvalue weighted by Gasteiger charge is -2.32. The first-order chi connectivity index (χ1) is 15.2. The van der Waals surface area contributed by atoms with Crippen molar-refractivity contribution in [1.29, 1.82) is 0 Å². The molecule has 2 aliphatic heterocycles. The number of H-pyrrole nitrogens is 1. The van der Waals surface area contributed by atoms with Gasteiger partial charge in [-0.1, -0.05) is 17.2 Å². The molecule has 1 amide bonds. The Morgan fingerprint density at radius 1 is 1.16 bits per heavy atom. The molecule has 6 heteroatoms. The number of amides is 1. The van der Waals surface area contributed by atoms with Crippen molar-refractivity contribution in [3.05, 3.63) is 34.9 Å². The number of carbonyl (C=O) groups is 1. The summed E-state index contributed by atoms with van der Waals surface area (Å²) in [6.07, 6.45) is 6.36. The lowest BCUT2D eigenvalue weighted by atomic mass is 9.91. The number of carbonyl (C=O) groups excluding carboxylic acids is 1. The second-order valence-corrected chi connectivity index (χ2v) is 10.9. The largest absolute Gasteiger partial charge is 0.475 e. The van der Waals surface area contributed by atoms with Gasteiger partial charge in [-0.2, -0.15) is 0 Å². The van der Waals surface area contributed by atoms with Gasteiger partial charge in [0.1, 0.15) is 6.61 Å². The summed E-state index contributed by atoms with van der Waals surface area (Å²) >= 11 is 0. The van der Waals surface area contributed by atoms with Crippen LogP contribution in [0.5, 0.6) is 5.88 Å². The van der Waals surface area contributed by atoms with E-state index in [4.69, 9.17) is 4.74 Å². The Kier molecular flexibility index (Phi) is 5.12. The van der Waals surface area contributed by atoms with Gasteiger partial charge in [0, 0.05) is 28.6 Å². The molecule has 1 aromatic heterocycles. The van der Waals surface area contributed by atoms with E-state index in [0.717, 1.165) is 55.3 Å². The standard InChI is InChI=1S/C26H35N3O3/c1-16-11-17(2)13-18(12-16)22-21(26(14-30)9-10-26)23(28-27-22)32-15-25(3,4)24(31)29-19-5-6-20(29)8-7-19/h11-13,19-20,30H,5-10,14-15H2,1-4H3,(H,27,28). The molecule has 5 rings (SSSR count). The minimum Gasteiger partial charge on any atom is -0.475 e. The normalized spacial score (nSPS) is 23.6. The van der Waals surface area contributed by atoms with Crippen LogP contribution in [0.15, 0.2) is 18.2 Å². The molecule has 1 saturated carbocycles. The first-order valence-corrected chi connectivity index (χ1v) is 12.0. The summed E-state index contributed by atoms with van der Waals surface area (Å²) in [4.78, 5) is 15.5. The number of hydrogen-bond donors (Lipinski definition) is 2. The van der Waals surface area contributed by atoms with E-state index >= 15 is 0 Å². The van der Waals surface area contributed by atoms with Gasteiger partial charge < -0.3 is 14.7 Å². The highest BCUT2D eigenvalue weighted by Gasteiger charge is 2.50. The number of rotatable bonds is 7. The quantitative estimate of drug-likeness (QED) is 0.678. The molecule has 2 N–H and O–H groups in total. The summed E-state index contributed by atoms with van der Waals surface area (Å²) in [5.74, 6) is 0.716. The minimum absolute atomic E-state index is 0.0696. The number of ether oxygens (including phenoxy) is 1. The fourth-order valence-electron chi connectivity index (χ4n) is 5.79. The van der Waals surface area contributed by atoms with Crippen LogP contribution in [-0.4, -0.2) is 51.4 Å². The molecule has 6 nitrogen and oxygen atoms in total. The van der Waals surface area contributed by atoms with Gasteiger partial charge in [0.15, 0.2) is 0 Å². The third-order valence-electron chi connectivity index (χ3n) is 7.77. The lowest BCUT2D eigenvalue weighted by molar-refractivity contribution is -0.143. The molecule has 3 heterocycles. The van der Waals surface area contributed by atoms with Crippen molar-refractivity contribution < 1.29 is 14.6 Å². The van der Waals surface area contributed by atoms with Gasteiger partial charge in [-0.3, -0.25) is 9.89 Å². The third kappa shape index (κ3) is 3.53. The maximum Gasteiger partial charge on any atom is 0.237 e. The van der Waals surface area contributed by atoms with Gasteiger partial charge >= 0.3 is 0 Å². The first kappa shape index (κ1) is 21.5. The SMILES string of the molecule is Cc1cc(C)cc(-c2[nH]nc(OCC(C)(C)C(=O)N3C4CCC3CC4)c2C2(CO)CC2)c1. The topological polar surface area (TPSA) is 78.5 Å². The summed E-state index contributed by atoms with van der Waals surface area (Å²) in [7, 11) is 0. The summed E-state index contributed by atoms with van der Waals surface area (Å²) < 4.78 is 6.26. The van der Waals surface area contributed by atoms with Crippen molar-refractivity contribution in [3.63, 3.8) is 0 Å². The van der Waals surface area contributed by atoms with Gasteiger partial charge in [-0.15, -0.1) is 5.10 Å². The van der Waals surface area contributed by atoms with Crippen LogP contribution in [0.2, 0.25) is 0 Å².